The Kier molecular flexibility index (Phi) is 3.13. The lowest BCUT2D eigenvalue weighted by atomic mass is 10.1. The molecule has 2 aromatic rings. The van der Waals surface area contributed by atoms with E-state index in [1.54, 1.807) is 0 Å². The van der Waals surface area contributed by atoms with E-state index in [0.717, 1.165) is 23.3 Å². The third kappa shape index (κ3) is 1.80. The van der Waals surface area contributed by atoms with Gasteiger partial charge < -0.3 is 4.57 Å². The summed E-state index contributed by atoms with van der Waals surface area (Å²) < 4.78 is 2.09. The fraction of sp³-hybridized carbons (Fsp3) is 0.417. The number of nitrogens with zero attached hydrogens (tertiary/aromatic N) is 2. The van der Waals surface area contributed by atoms with Crippen LogP contribution in [0.3, 0.4) is 0 Å². The van der Waals surface area contributed by atoms with Gasteiger partial charge in [0.2, 0.25) is 0 Å². The van der Waals surface area contributed by atoms with Crippen LogP contribution in [-0.2, 0) is 7.05 Å². The number of aromatic nitrogens is 2. The molecule has 2 rings (SSSR count). The van der Waals surface area contributed by atoms with Crippen LogP contribution in [0.1, 0.15) is 32.0 Å². The summed E-state index contributed by atoms with van der Waals surface area (Å²) in [6.45, 7) is 4.33. The van der Waals surface area contributed by atoms with E-state index in [1.165, 1.54) is 0 Å². The van der Waals surface area contributed by atoms with Gasteiger partial charge in [0.05, 0.1) is 21.1 Å². The Morgan fingerprint density at radius 2 is 1.94 bits per heavy atom. The maximum Gasteiger partial charge on any atom is 0.112 e. The summed E-state index contributed by atoms with van der Waals surface area (Å²) in [4.78, 5) is 4.60. The molecule has 0 aliphatic heterocycles. The average Bonchev–Trinajstić information content (AvgIpc) is 2.56. The molecular formula is C12H14Cl2N2. The topological polar surface area (TPSA) is 17.8 Å². The molecule has 1 heterocycles. The second kappa shape index (κ2) is 4.27. The molecule has 1 aromatic carbocycles. The maximum atomic E-state index is 6.01. The minimum Gasteiger partial charge on any atom is -0.331 e. The fourth-order valence-corrected chi connectivity index (χ4v) is 2.15. The van der Waals surface area contributed by atoms with Gasteiger partial charge in [0, 0.05) is 13.0 Å². The van der Waals surface area contributed by atoms with Crippen molar-refractivity contribution in [3.63, 3.8) is 0 Å². The van der Waals surface area contributed by atoms with Crippen LogP contribution in [0.4, 0.5) is 0 Å². The second-order valence-electron chi connectivity index (χ2n) is 4.09. The molecule has 0 amide bonds. The van der Waals surface area contributed by atoms with Crippen LogP contribution >= 0.6 is 23.2 Å². The average molecular weight is 257 g/mol. The molecular weight excluding hydrogens is 243 g/mol. The highest BCUT2D eigenvalue weighted by Crippen LogP contribution is 2.29. The Morgan fingerprint density at radius 3 is 2.56 bits per heavy atom. The Labute approximate surface area is 105 Å². The van der Waals surface area contributed by atoms with Crippen LogP contribution < -0.4 is 0 Å². The quantitative estimate of drug-likeness (QED) is 0.779. The number of imidazole rings is 1. The summed E-state index contributed by atoms with van der Waals surface area (Å²) in [7, 11) is 2.01. The van der Waals surface area contributed by atoms with Crippen LogP contribution in [0.5, 0.6) is 0 Å². The van der Waals surface area contributed by atoms with E-state index in [9.17, 15) is 0 Å². The zero-order valence-electron chi connectivity index (χ0n) is 9.59. The van der Waals surface area contributed by atoms with Gasteiger partial charge in [-0.2, -0.15) is 0 Å². The number of benzene rings is 1. The second-order valence-corrected chi connectivity index (χ2v) is 4.91. The first-order chi connectivity index (χ1) is 7.54. The Hall–Kier alpha value is -0.730. The molecule has 0 spiro atoms. The summed E-state index contributed by atoms with van der Waals surface area (Å²) in [6, 6.07) is 3.70. The summed E-state index contributed by atoms with van der Waals surface area (Å²) >= 11 is 12.0. The Balaban J connectivity index is 2.68. The van der Waals surface area contributed by atoms with Gasteiger partial charge >= 0.3 is 0 Å². The standard InChI is InChI=1S/C12H14Cl2N2/c1-4-7(2)12-15-10-5-8(13)9(14)6-11(10)16(12)3/h5-7H,4H2,1-3H3. The number of hydrogen-bond donors (Lipinski definition) is 0. The molecule has 1 aromatic heterocycles. The molecule has 0 saturated carbocycles. The van der Waals surface area contributed by atoms with Gasteiger partial charge in [-0.3, -0.25) is 0 Å². The predicted octanol–water partition coefficient (Wildman–Crippen LogP) is 4.39. The van der Waals surface area contributed by atoms with Crippen LogP contribution in [-0.4, -0.2) is 9.55 Å². The molecule has 0 bridgehead atoms. The number of fused-ring (bicyclic) bond motifs is 1. The first kappa shape index (κ1) is 11.7. The Morgan fingerprint density at radius 1 is 1.31 bits per heavy atom. The molecule has 2 nitrogen and oxygen atoms in total. The number of halogens is 2. The normalized spacial score (nSPS) is 13.3. The molecule has 86 valence electrons. The van der Waals surface area contributed by atoms with Gasteiger partial charge in [0.15, 0.2) is 0 Å². The molecule has 0 N–H and O–H groups in total. The molecule has 0 aliphatic rings. The highest BCUT2D eigenvalue weighted by molar-refractivity contribution is 6.42. The zero-order valence-corrected chi connectivity index (χ0v) is 11.1. The summed E-state index contributed by atoms with van der Waals surface area (Å²) in [5.41, 5.74) is 1.94. The third-order valence-corrected chi connectivity index (χ3v) is 3.73. The fourth-order valence-electron chi connectivity index (χ4n) is 1.83. The van der Waals surface area contributed by atoms with Gasteiger partial charge in [-0.15, -0.1) is 0 Å². The van der Waals surface area contributed by atoms with Gasteiger partial charge in [-0.25, -0.2) is 4.98 Å². The maximum absolute atomic E-state index is 6.01. The molecule has 0 saturated heterocycles. The zero-order chi connectivity index (χ0) is 11.9. The number of hydrogen-bond acceptors (Lipinski definition) is 1. The first-order valence-corrected chi connectivity index (χ1v) is 6.11. The van der Waals surface area contributed by atoms with Crippen molar-refractivity contribution < 1.29 is 0 Å². The van der Waals surface area contributed by atoms with E-state index < -0.39 is 0 Å². The van der Waals surface area contributed by atoms with Crippen molar-refractivity contribution >= 4 is 34.2 Å². The SMILES string of the molecule is CCC(C)c1nc2cc(Cl)c(Cl)cc2n1C. The van der Waals surface area contributed by atoms with Gasteiger partial charge in [-0.05, 0) is 18.6 Å². The van der Waals surface area contributed by atoms with E-state index in [2.05, 4.69) is 23.4 Å². The highest BCUT2D eigenvalue weighted by atomic mass is 35.5. The smallest absolute Gasteiger partial charge is 0.112 e. The molecule has 0 aliphatic carbocycles. The molecule has 16 heavy (non-hydrogen) atoms. The van der Waals surface area contributed by atoms with Crippen molar-refractivity contribution in [2.24, 2.45) is 7.05 Å². The predicted molar refractivity (Wildman–Crippen MR) is 69.4 cm³/mol. The van der Waals surface area contributed by atoms with Crippen molar-refractivity contribution in [2.45, 2.75) is 26.2 Å². The molecule has 0 radical (unpaired) electrons. The monoisotopic (exact) mass is 256 g/mol. The summed E-state index contributed by atoms with van der Waals surface area (Å²) in [5.74, 6) is 1.52. The van der Waals surface area contributed by atoms with Crippen LogP contribution in [0, 0.1) is 0 Å². The van der Waals surface area contributed by atoms with Crippen molar-refractivity contribution in [3.8, 4) is 0 Å². The van der Waals surface area contributed by atoms with Crippen molar-refractivity contribution in [3.05, 3.63) is 28.0 Å². The van der Waals surface area contributed by atoms with Gasteiger partial charge in [-0.1, -0.05) is 37.0 Å². The molecule has 1 atom stereocenters. The third-order valence-electron chi connectivity index (χ3n) is 3.01. The van der Waals surface area contributed by atoms with E-state index in [4.69, 9.17) is 23.2 Å². The lowest BCUT2D eigenvalue weighted by Gasteiger charge is -2.08. The molecule has 1 unspecified atom stereocenters. The number of aryl methyl sites for hydroxylation is 1. The van der Waals surface area contributed by atoms with E-state index in [-0.39, 0.29) is 0 Å². The van der Waals surface area contributed by atoms with E-state index in [1.807, 2.05) is 19.2 Å². The Bertz CT molecular complexity index is 531. The minimum atomic E-state index is 0.440. The van der Waals surface area contributed by atoms with E-state index >= 15 is 0 Å². The minimum absolute atomic E-state index is 0.440. The lowest BCUT2D eigenvalue weighted by Crippen LogP contribution is -2.01. The summed E-state index contributed by atoms with van der Waals surface area (Å²) in [6.07, 6.45) is 1.07. The highest BCUT2D eigenvalue weighted by Gasteiger charge is 2.14. The van der Waals surface area contributed by atoms with Crippen molar-refractivity contribution in [1.29, 1.82) is 0 Å². The molecule has 4 heteroatoms. The van der Waals surface area contributed by atoms with Gasteiger partial charge in [0.1, 0.15) is 5.82 Å². The largest absolute Gasteiger partial charge is 0.331 e. The van der Waals surface area contributed by atoms with Crippen molar-refractivity contribution in [2.75, 3.05) is 0 Å². The van der Waals surface area contributed by atoms with Gasteiger partial charge in [0.25, 0.3) is 0 Å². The number of rotatable bonds is 2. The summed E-state index contributed by atoms with van der Waals surface area (Å²) in [5, 5.41) is 1.14. The van der Waals surface area contributed by atoms with E-state index in [0.29, 0.717) is 16.0 Å². The van der Waals surface area contributed by atoms with Crippen LogP contribution in [0.2, 0.25) is 10.0 Å². The lowest BCUT2D eigenvalue weighted by molar-refractivity contribution is 0.649. The van der Waals surface area contributed by atoms with Crippen LogP contribution in [0.15, 0.2) is 12.1 Å². The first-order valence-electron chi connectivity index (χ1n) is 5.36. The molecule has 0 fully saturated rings. The van der Waals surface area contributed by atoms with Crippen LogP contribution in [0.25, 0.3) is 11.0 Å². The van der Waals surface area contributed by atoms with Crippen molar-refractivity contribution in [1.82, 2.24) is 9.55 Å².